The molecule has 1 rings (SSSR count). The van der Waals surface area contributed by atoms with E-state index < -0.39 is 19.7 Å². The van der Waals surface area contributed by atoms with E-state index in [1.54, 1.807) is 0 Å². The number of nitriles is 1. The number of hydrogen-bond donors (Lipinski definition) is 2. The van der Waals surface area contributed by atoms with E-state index in [0.29, 0.717) is 12.0 Å². The molecule has 6 nitrogen and oxygen atoms in total. The van der Waals surface area contributed by atoms with Gasteiger partial charge >= 0.3 is 7.82 Å². The van der Waals surface area contributed by atoms with Crippen molar-refractivity contribution < 1.29 is 28.0 Å². The monoisotopic (exact) mass is 513 g/mol. The number of unbranched alkanes of at least 4 members (excludes halogenated alkanes) is 14. The summed E-state index contributed by atoms with van der Waals surface area (Å²) in [6, 6.07) is 5.87. The van der Waals surface area contributed by atoms with E-state index in [1.807, 2.05) is 6.07 Å². The maximum atomic E-state index is 13.6. The summed E-state index contributed by atoms with van der Waals surface area (Å²) in [6.45, 7) is 2.06. The summed E-state index contributed by atoms with van der Waals surface area (Å²) in [6.07, 6.45) is 19.0. The predicted octanol–water partition coefficient (Wildman–Crippen LogP) is 7.95. The van der Waals surface area contributed by atoms with Crippen molar-refractivity contribution in [3.05, 3.63) is 35.1 Å². The van der Waals surface area contributed by atoms with E-state index in [4.69, 9.17) is 19.8 Å². The highest BCUT2D eigenvalue weighted by molar-refractivity contribution is 7.46. The molecule has 0 saturated carbocycles. The lowest BCUT2D eigenvalue weighted by molar-refractivity contribution is -0.00383. The lowest BCUT2D eigenvalue weighted by Crippen LogP contribution is -2.19. The van der Waals surface area contributed by atoms with Gasteiger partial charge in [0.15, 0.2) is 0 Å². The number of nitrogens with zero attached hydrogens (tertiary/aromatic N) is 1. The predicted molar refractivity (Wildman–Crippen MR) is 137 cm³/mol. The van der Waals surface area contributed by atoms with Crippen LogP contribution in [0.5, 0.6) is 0 Å². The largest absolute Gasteiger partial charge is 0.469 e. The fourth-order valence-electron chi connectivity index (χ4n) is 4.15. The van der Waals surface area contributed by atoms with Crippen LogP contribution in [0.3, 0.4) is 0 Å². The van der Waals surface area contributed by atoms with Crippen LogP contribution in [0.15, 0.2) is 18.2 Å². The van der Waals surface area contributed by atoms with Gasteiger partial charge in [-0.05, 0) is 30.2 Å². The molecule has 8 heteroatoms. The number of halogens is 1. The van der Waals surface area contributed by atoms with Crippen LogP contribution in [0.4, 0.5) is 4.39 Å². The molecule has 0 fully saturated rings. The third-order valence-electron chi connectivity index (χ3n) is 6.13. The van der Waals surface area contributed by atoms with Crippen molar-refractivity contribution in [3.8, 4) is 6.07 Å². The molecule has 0 bridgehead atoms. The standard InChI is InChI=1S/C27H45FNO5P/c1-2-3-4-5-6-7-8-9-10-11-12-13-14-15-16-17-27(23-34-35(30,31)32)33-22-25-18-24(21-29)19-26(28)20-25/h18-20,27H,2-17,22-23H2,1H3,(H2,30,31,32)/t27-/m0/s1. The highest BCUT2D eigenvalue weighted by atomic mass is 31.2. The quantitative estimate of drug-likeness (QED) is 0.121. The van der Waals surface area contributed by atoms with Crippen molar-refractivity contribution >= 4 is 7.82 Å². The van der Waals surface area contributed by atoms with E-state index in [0.717, 1.165) is 25.3 Å². The van der Waals surface area contributed by atoms with E-state index in [9.17, 15) is 8.96 Å². The minimum absolute atomic E-state index is 0.0420. The number of phosphoric acid groups is 1. The Morgan fingerprint density at radius 2 is 1.40 bits per heavy atom. The van der Waals surface area contributed by atoms with Gasteiger partial charge in [0.1, 0.15) is 5.82 Å². The Morgan fingerprint density at radius 1 is 0.886 bits per heavy atom. The molecule has 0 spiro atoms. The molecule has 200 valence electrons. The van der Waals surface area contributed by atoms with Crippen molar-refractivity contribution in [3.63, 3.8) is 0 Å². The minimum atomic E-state index is -4.59. The summed E-state index contributed by atoms with van der Waals surface area (Å²) in [5.74, 6) is -0.520. The maximum absolute atomic E-state index is 13.6. The van der Waals surface area contributed by atoms with E-state index in [2.05, 4.69) is 11.4 Å². The van der Waals surface area contributed by atoms with E-state index in [-0.39, 0.29) is 18.8 Å². The Labute approximate surface area is 211 Å². The Morgan fingerprint density at radius 3 is 1.89 bits per heavy atom. The topological polar surface area (TPSA) is 99.8 Å². The van der Waals surface area contributed by atoms with Crippen molar-refractivity contribution in [1.29, 1.82) is 5.26 Å². The molecule has 0 aromatic heterocycles. The van der Waals surface area contributed by atoms with Crippen molar-refractivity contribution in [1.82, 2.24) is 0 Å². The summed E-state index contributed by atoms with van der Waals surface area (Å²) in [7, 11) is -4.59. The van der Waals surface area contributed by atoms with Gasteiger partial charge < -0.3 is 14.5 Å². The summed E-state index contributed by atoms with van der Waals surface area (Å²) < 4.78 is 35.1. The van der Waals surface area contributed by atoms with Crippen LogP contribution in [-0.4, -0.2) is 22.5 Å². The third-order valence-corrected chi connectivity index (χ3v) is 6.62. The minimum Gasteiger partial charge on any atom is -0.371 e. The zero-order chi connectivity index (χ0) is 25.8. The normalized spacial score (nSPS) is 12.5. The van der Waals surface area contributed by atoms with E-state index >= 15 is 0 Å². The summed E-state index contributed by atoms with van der Waals surface area (Å²) in [5.41, 5.74) is 0.702. The van der Waals surface area contributed by atoms with Crippen LogP contribution in [0, 0.1) is 17.1 Å². The van der Waals surface area contributed by atoms with Gasteiger partial charge in [-0.1, -0.05) is 103 Å². The second kappa shape index (κ2) is 19.8. The van der Waals surface area contributed by atoms with Crippen LogP contribution in [0.25, 0.3) is 0 Å². The van der Waals surface area contributed by atoms with Crippen LogP contribution in [-0.2, 0) is 20.4 Å². The fraction of sp³-hybridized carbons (Fsp3) is 0.741. The van der Waals surface area contributed by atoms with Crippen molar-refractivity contribution in [2.45, 2.75) is 122 Å². The number of ether oxygens (including phenoxy) is 1. The van der Waals surface area contributed by atoms with Crippen LogP contribution in [0.1, 0.15) is 121 Å². The molecule has 1 aromatic carbocycles. The molecular weight excluding hydrogens is 468 g/mol. The van der Waals surface area contributed by atoms with Gasteiger partial charge in [0.05, 0.1) is 31.0 Å². The molecule has 0 heterocycles. The summed E-state index contributed by atoms with van der Waals surface area (Å²) in [4.78, 5) is 18.0. The van der Waals surface area contributed by atoms with Gasteiger partial charge in [0, 0.05) is 0 Å². The fourth-order valence-corrected chi connectivity index (χ4v) is 4.51. The summed E-state index contributed by atoms with van der Waals surface area (Å²) >= 11 is 0. The smallest absolute Gasteiger partial charge is 0.371 e. The lowest BCUT2D eigenvalue weighted by atomic mass is 10.0. The zero-order valence-corrected chi connectivity index (χ0v) is 22.3. The first-order valence-electron chi connectivity index (χ1n) is 13.3. The number of rotatable bonds is 22. The molecule has 0 aliphatic carbocycles. The highest BCUT2D eigenvalue weighted by Crippen LogP contribution is 2.36. The molecule has 35 heavy (non-hydrogen) atoms. The van der Waals surface area contributed by atoms with Crippen LogP contribution >= 0.6 is 7.82 Å². The molecule has 1 aromatic rings. The molecule has 0 radical (unpaired) electrons. The van der Waals surface area contributed by atoms with Gasteiger partial charge in [-0.3, -0.25) is 4.52 Å². The Balaban J connectivity index is 2.18. The Bertz CT molecular complexity index is 764. The molecular formula is C27H45FNO5P. The average molecular weight is 514 g/mol. The summed E-state index contributed by atoms with van der Waals surface area (Å²) in [5, 5.41) is 8.98. The maximum Gasteiger partial charge on any atom is 0.469 e. The first-order valence-corrected chi connectivity index (χ1v) is 14.9. The van der Waals surface area contributed by atoms with Crippen LogP contribution in [0.2, 0.25) is 0 Å². The molecule has 0 aliphatic rings. The number of hydrogen-bond acceptors (Lipinski definition) is 4. The SMILES string of the molecule is CCCCCCCCCCCCCCCCC[C@@H](COP(=O)(O)O)OCc1cc(F)cc(C#N)c1. The van der Waals surface area contributed by atoms with E-state index in [1.165, 1.54) is 89.2 Å². The molecule has 2 N–H and O–H groups in total. The number of phosphoric ester groups is 1. The molecule has 0 amide bonds. The third kappa shape index (κ3) is 18.6. The van der Waals surface area contributed by atoms with Gasteiger partial charge in [-0.2, -0.15) is 5.26 Å². The molecule has 0 aliphatic heterocycles. The second-order valence-corrected chi connectivity index (χ2v) is 10.7. The lowest BCUT2D eigenvalue weighted by Gasteiger charge is -2.18. The Hall–Kier alpha value is -1.29. The molecule has 0 saturated heterocycles. The first-order chi connectivity index (χ1) is 16.8. The zero-order valence-electron chi connectivity index (χ0n) is 21.4. The number of benzene rings is 1. The van der Waals surface area contributed by atoms with Gasteiger partial charge in [-0.25, -0.2) is 8.96 Å². The van der Waals surface area contributed by atoms with Crippen molar-refractivity contribution in [2.24, 2.45) is 0 Å². The average Bonchev–Trinajstić information content (AvgIpc) is 2.81. The van der Waals surface area contributed by atoms with Crippen LogP contribution < -0.4 is 0 Å². The Kier molecular flexibility index (Phi) is 18.0. The molecule has 1 atom stereocenters. The first kappa shape index (κ1) is 31.7. The van der Waals surface area contributed by atoms with Crippen molar-refractivity contribution in [2.75, 3.05) is 6.61 Å². The molecule has 0 unspecified atom stereocenters. The van der Waals surface area contributed by atoms with Gasteiger partial charge in [0.25, 0.3) is 0 Å². The highest BCUT2D eigenvalue weighted by Gasteiger charge is 2.19. The second-order valence-electron chi connectivity index (χ2n) is 9.42. The van der Waals surface area contributed by atoms with Gasteiger partial charge in [-0.15, -0.1) is 0 Å². The van der Waals surface area contributed by atoms with Gasteiger partial charge in [0.2, 0.25) is 0 Å².